The van der Waals surface area contributed by atoms with Crippen molar-refractivity contribution in [2.75, 3.05) is 26.2 Å². The van der Waals surface area contributed by atoms with E-state index in [0.717, 1.165) is 32.7 Å². The Balaban J connectivity index is 0.00000208. The minimum Gasteiger partial charge on any atom is -0.295 e. The highest BCUT2D eigenvalue weighted by Gasteiger charge is 2.15. The summed E-state index contributed by atoms with van der Waals surface area (Å²) in [6, 6.07) is 15.1. The van der Waals surface area contributed by atoms with Crippen LogP contribution in [0.4, 0.5) is 4.39 Å². The molecule has 24 heavy (non-hydrogen) atoms. The zero-order valence-corrected chi connectivity index (χ0v) is 14.8. The standard InChI is InChI=1S/C18H19ClFN3.ClH/c19-17-7-4-8-18(20)16(17)13-21-23-11-9-22(10-12-23)14-15-5-2-1-3-6-15;/h1-8,13H,9-12,14H2;1H. The molecule has 6 heteroatoms. The highest BCUT2D eigenvalue weighted by atomic mass is 35.5. The predicted molar refractivity (Wildman–Crippen MR) is 99.5 cm³/mol. The smallest absolute Gasteiger partial charge is 0.133 e. The Hall–Kier alpha value is -1.62. The minimum atomic E-state index is -0.344. The molecule has 0 amide bonds. The van der Waals surface area contributed by atoms with Crippen molar-refractivity contribution in [2.24, 2.45) is 5.10 Å². The number of nitrogens with zero attached hydrogens (tertiary/aromatic N) is 3. The molecular weight excluding hydrogens is 348 g/mol. The molecule has 0 atom stereocenters. The van der Waals surface area contributed by atoms with Crippen molar-refractivity contribution < 1.29 is 4.39 Å². The molecule has 0 aliphatic carbocycles. The van der Waals surface area contributed by atoms with Crippen LogP contribution in [0.5, 0.6) is 0 Å². The van der Waals surface area contributed by atoms with E-state index < -0.39 is 0 Å². The number of hydrazone groups is 1. The van der Waals surface area contributed by atoms with E-state index in [4.69, 9.17) is 11.6 Å². The van der Waals surface area contributed by atoms with Gasteiger partial charge in [-0.05, 0) is 17.7 Å². The summed E-state index contributed by atoms with van der Waals surface area (Å²) in [7, 11) is 0. The number of halogens is 3. The van der Waals surface area contributed by atoms with Crippen LogP contribution < -0.4 is 0 Å². The van der Waals surface area contributed by atoms with Crippen molar-refractivity contribution in [1.82, 2.24) is 9.91 Å². The van der Waals surface area contributed by atoms with Gasteiger partial charge in [-0.25, -0.2) is 4.39 Å². The van der Waals surface area contributed by atoms with Gasteiger partial charge in [0.15, 0.2) is 0 Å². The average molecular weight is 368 g/mol. The fourth-order valence-electron chi connectivity index (χ4n) is 2.63. The third kappa shape index (κ3) is 4.94. The summed E-state index contributed by atoms with van der Waals surface area (Å²) < 4.78 is 13.7. The molecule has 0 saturated carbocycles. The highest BCUT2D eigenvalue weighted by Crippen LogP contribution is 2.17. The van der Waals surface area contributed by atoms with Crippen LogP contribution in [0.15, 0.2) is 53.6 Å². The van der Waals surface area contributed by atoms with Crippen LogP contribution in [0, 0.1) is 5.82 Å². The lowest BCUT2D eigenvalue weighted by Gasteiger charge is -2.33. The van der Waals surface area contributed by atoms with Crippen molar-refractivity contribution in [3.8, 4) is 0 Å². The van der Waals surface area contributed by atoms with Gasteiger partial charge in [0.2, 0.25) is 0 Å². The van der Waals surface area contributed by atoms with Crippen molar-refractivity contribution in [1.29, 1.82) is 0 Å². The zero-order valence-electron chi connectivity index (χ0n) is 13.2. The Morgan fingerprint density at radius 2 is 1.71 bits per heavy atom. The normalized spacial score (nSPS) is 15.5. The number of piperazine rings is 1. The number of benzene rings is 2. The van der Waals surface area contributed by atoms with Crippen molar-refractivity contribution >= 4 is 30.2 Å². The fourth-order valence-corrected chi connectivity index (χ4v) is 2.84. The summed E-state index contributed by atoms with van der Waals surface area (Å²) in [6.45, 7) is 4.50. The van der Waals surface area contributed by atoms with E-state index in [-0.39, 0.29) is 18.2 Å². The molecule has 128 valence electrons. The third-order valence-corrected chi connectivity index (χ3v) is 4.28. The lowest BCUT2D eigenvalue weighted by atomic mass is 10.2. The number of hydrogen-bond donors (Lipinski definition) is 0. The number of rotatable bonds is 4. The van der Waals surface area contributed by atoms with Crippen LogP contribution in [0.2, 0.25) is 5.02 Å². The van der Waals surface area contributed by atoms with Crippen molar-refractivity contribution in [3.63, 3.8) is 0 Å². The van der Waals surface area contributed by atoms with E-state index in [2.05, 4.69) is 34.3 Å². The molecule has 3 nitrogen and oxygen atoms in total. The summed E-state index contributed by atoms with van der Waals surface area (Å²) in [5.74, 6) is -0.344. The fraction of sp³-hybridized carbons (Fsp3) is 0.278. The molecule has 1 aliphatic rings. The van der Waals surface area contributed by atoms with Gasteiger partial charge >= 0.3 is 0 Å². The predicted octanol–water partition coefficient (Wildman–Crippen LogP) is 4.05. The second-order valence-corrected chi connectivity index (χ2v) is 6.00. The Bertz CT molecular complexity index is 651. The number of hydrogen-bond acceptors (Lipinski definition) is 3. The maximum atomic E-state index is 13.7. The molecule has 1 fully saturated rings. The summed E-state index contributed by atoms with van der Waals surface area (Å²) in [6.07, 6.45) is 1.52. The van der Waals surface area contributed by atoms with E-state index in [1.165, 1.54) is 17.8 Å². The van der Waals surface area contributed by atoms with Gasteiger partial charge in [0.25, 0.3) is 0 Å². The van der Waals surface area contributed by atoms with Crippen LogP contribution in [0.25, 0.3) is 0 Å². The van der Waals surface area contributed by atoms with E-state index >= 15 is 0 Å². The van der Waals surface area contributed by atoms with Gasteiger partial charge in [0.05, 0.1) is 11.2 Å². The van der Waals surface area contributed by atoms with Crippen LogP contribution >= 0.6 is 24.0 Å². The summed E-state index contributed by atoms with van der Waals surface area (Å²) in [5, 5.41) is 6.72. The molecule has 2 aromatic rings. The molecule has 1 heterocycles. The summed E-state index contributed by atoms with van der Waals surface area (Å²) >= 11 is 6.00. The van der Waals surface area contributed by atoms with Crippen LogP contribution in [0.3, 0.4) is 0 Å². The van der Waals surface area contributed by atoms with E-state index in [9.17, 15) is 4.39 Å². The van der Waals surface area contributed by atoms with Gasteiger partial charge in [-0.15, -0.1) is 12.4 Å². The van der Waals surface area contributed by atoms with Gasteiger partial charge < -0.3 is 0 Å². The van der Waals surface area contributed by atoms with E-state index in [1.807, 2.05) is 11.1 Å². The largest absolute Gasteiger partial charge is 0.295 e. The van der Waals surface area contributed by atoms with Gasteiger partial charge in [-0.3, -0.25) is 9.91 Å². The quantitative estimate of drug-likeness (QED) is 0.759. The first-order chi connectivity index (χ1) is 11.2. The molecule has 0 aromatic heterocycles. The lowest BCUT2D eigenvalue weighted by molar-refractivity contribution is 0.131. The molecule has 1 saturated heterocycles. The van der Waals surface area contributed by atoms with Gasteiger partial charge in [-0.1, -0.05) is 48.0 Å². The second kappa shape index (κ2) is 9.02. The third-order valence-electron chi connectivity index (χ3n) is 3.95. The van der Waals surface area contributed by atoms with Crippen molar-refractivity contribution in [2.45, 2.75) is 6.54 Å². The Morgan fingerprint density at radius 3 is 2.38 bits per heavy atom. The molecule has 1 aliphatic heterocycles. The van der Waals surface area contributed by atoms with Crippen LogP contribution in [-0.2, 0) is 6.54 Å². The summed E-state index contributed by atoms with van der Waals surface area (Å²) in [4.78, 5) is 2.40. The monoisotopic (exact) mass is 367 g/mol. The molecule has 0 unspecified atom stereocenters. The first kappa shape index (κ1) is 18.7. The maximum absolute atomic E-state index is 13.7. The van der Waals surface area contributed by atoms with E-state index in [0.29, 0.717) is 10.6 Å². The van der Waals surface area contributed by atoms with E-state index in [1.54, 1.807) is 12.1 Å². The van der Waals surface area contributed by atoms with Crippen LogP contribution in [-0.4, -0.2) is 42.3 Å². The molecule has 0 bridgehead atoms. The van der Waals surface area contributed by atoms with Gasteiger partial charge in [0.1, 0.15) is 5.82 Å². The first-order valence-corrected chi connectivity index (χ1v) is 8.09. The SMILES string of the molecule is Cl.Fc1cccc(Cl)c1C=NN1CCN(Cc2ccccc2)CC1. The van der Waals surface area contributed by atoms with Gasteiger partial charge in [-0.2, -0.15) is 5.10 Å². The average Bonchev–Trinajstić information content (AvgIpc) is 2.57. The van der Waals surface area contributed by atoms with Gasteiger partial charge in [0, 0.05) is 38.3 Å². The highest BCUT2D eigenvalue weighted by molar-refractivity contribution is 6.33. The Labute approximate surface area is 153 Å². The molecular formula is C18H20Cl2FN3. The molecule has 3 rings (SSSR count). The Morgan fingerprint density at radius 1 is 1.00 bits per heavy atom. The molecule has 0 N–H and O–H groups in total. The lowest BCUT2D eigenvalue weighted by Crippen LogP contribution is -2.43. The molecule has 2 aromatic carbocycles. The minimum absolute atomic E-state index is 0. The molecule has 0 radical (unpaired) electrons. The zero-order chi connectivity index (χ0) is 16.1. The second-order valence-electron chi connectivity index (χ2n) is 5.60. The Kier molecular flexibility index (Phi) is 7.03. The maximum Gasteiger partial charge on any atom is 0.133 e. The molecule has 0 spiro atoms. The summed E-state index contributed by atoms with van der Waals surface area (Å²) in [5.41, 5.74) is 1.67. The van der Waals surface area contributed by atoms with Crippen LogP contribution in [0.1, 0.15) is 11.1 Å². The first-order valence-electron chi connectivity index (χ1n) is 7.71. The van der Waals surface area contributed by atoms with Crippen molar-refractivity contribution in [3.05, 3.63) is 70.5 Å². The topological polar surface area (TPSA) is 18.8 Å².